The third-order valence-corrected chi connectivity index (χ3v) is 2.58. The van der Waals surface area contributed by atoms with E-state index in [0.717, 1.165) is 31.5 Å². The number of carboxylic acid groups (broad SMARTS) is 1. The van der Waals surface area contributed by atoms with Gasteiger partial charge >= 0.3 is 5.97 Å². The maximum Gasteiger partial charge on any atom is 0.328 e. The molecule has 0 aromatic rings. The van der Waals surface area contributed by atoms with Crippen LogP contribution in [0.5, 0.6) is 0 Å². The van der Waals surface area contributed by atoms with Crippen molar-refractivity contribution < 1.29 is 14.7 Å². The van der Waals surface area contributed by atoms with Crippen molar-refractivity contribution in [1.82, 2.24) is 4.90 Å². The minimum absolute atomic E-state index is 0.144. The van der Waals surface area contributed by atoms with Gasteiger partial charge in [0.2, 0.25) is 5.91 Å². The van der Waals surface area contributed by atoms with Crippen LogP contribution in [0.2, 0.25) is 0 Å². The molecule has 1 fully saturated rings. The number of hydrogen-bond acceptors (Lipinski definition) is 2. The van der Waals surface area contributed by atoms with Gasteiger partial charge < -0.3 is 10.0 Å². The Kier molecular flexibility index (Phi) is 3.50. The summed E-state index contributed by atoms with van der Waals surface area (Å²) in [6.45, 7) is 5.67. The Balaban J connectivity index is 2.57. The zero-order valence-electron chi connectivity index (χ0n) is 9.19. The molecule has 1 N–H and O–H groups in total. The van der Waals surface area contributed by atoms with Crippen molar-refractivity contribution in [3.05, 3.63) is 12.2 Å². The van der Waals surface area contributed by atoms with Gasteiger partial charge in [-0.3, -0.25) is 4.79 Å². The molecule has 0 unspecified atom stereocenters. The van der Waals surface area contributed by atoms with Gasteiger partial charge in [-0.2, -0.15) is 0 Å². The van der Waals surface area contributed by atoms with E-state index in [1.807, 2.05) is 0 Å². The Morgan fingerprint density at radius 1 is 1.33 bits per heavy atom. The van der Waals surface area contributed by atoms with E-state index in [-0.39, 0.29) is 11.3 Å². The number of carboxylic acids is 1. The number of nitrogens with zero attached hydrogens (tertiary/aromatic N) is 1. The van der Waals surface area contributed by atoms with Crippen molar-refractivity contribution in [3.63, 3.8) is 0 Å². The molecular formula is C11H17NO3. The number of rotatable bonds is 2. The molecule has 1 amide bonds. The zero-order chi connectivity index (χ0) is 11.5. The summed E-state index contributed by atoms with van der Waals surface area (Å²) in [5, 5.41) is 8.41. The van der Waals surface area contributed by atoms with Crippen LogP contribution in [-0.2, 0) is 9.59 Å². The zero-order valence-corrected chi connectivity index (χ0v) is 9.19. The van der Waals surface area contributed by atoms with E-state index >= 15 is 0 Å². The minimum Gasteiger partial charge on any atom is -0.478 e. The quantitative estimate of drug-likeness (QED) is 0.700. The Bertz CT molecular complexity index is 294. The second-order valence-electron chi connectivity index (χ2n) is 4.70. The molecule has 4 heteroatoms. The molecule has 84 valence electrons. The highest BCUT2D eigenvalue weighted by molar-refractivity contribution is 5.93. The van der Waals surface area contributed by atoms with Crippen molar-refractivity contribution in [3.8, 4) is 0 Å². The van der Waals surface area contributed by atoms with E-state index in [1.54, 1.807) is 4.90 Å². The van der Waals surface area contributed by atoms with Gasteiger partial charge in [0.25, 0.3) is 0 Å². The van der Waals surface area contributed by atoms with Gasteiger partial charge in [0.1, 0.15) is 0 Å². The van der Waals surface area contributed by atoms with E-state index < -0.39 is 5.97 Å². The predicted octanol–water partition coefficient (Wildman–Crippen LogP) is 1.28. The molecule has 0 bridgehead atoms. The number of carbonyl (C=O) groups is 2. The smallest absolute Gasteiger partial charge is 0.328 e. The molecule has 0 spiro atoms. The number of likely N-dealkylation sites (tertiary alicyclic amines) is 1. The molecule has 0 aromatic carbocycles. The molecule has 1 saturated heterocycles. The molecule has 0 aliphatic carbocycles. The lowest BCUT2D eigenvalue weighted by Gasteiger charge is -2.37. The Hall–Kier alpha value is -1.32. The van der Waals surface area contributed by atoms with Crippen molar-refractivity contribution in [2.75, 3.05) is 13.1 Å². The fourth-order valence-electron chi connectivity index (χ4n) is 1.86. The highest BCUT2D eigenvalue weighted by Crippen LogP contribution is 2.28. The standard InChI is InChI=1S/C11H17NO3/c1-11(2)6-3-7-12(8-11)9(13)4-5-10(14)15/h4-5H,3,6-8H2,1-2H3,(H,14,15)/b5-4-. The Morgan fingerprint density at radius 2 is 2.00 bits per heavy atom. The van der Waals surface area contributed by atoms with Crippen LogP contribution in [0.3, 0.4) is 0 Å². The number of carbonyl (C=O) groups excluding carboxylic acids is 1. The van der Waals surface area contributed by atoms with E-state index in [9.17, 15) is 9.59 Å². The lowest BCUT2D eigenvalue weighted by Crippen LogP contribution is -2.42. The van der Waals surface area contributed by atoms with Crippen molar-refractivity contribution in [2.45, 2.75) is 26.7 Å². The average molecular weight is 211 g/mol. The predicted molar refractivity (Wildman–Crippen MR) is 56.4 cm³/mol. The Labute approximate surface area is 89.6 Å². The monoisotopic (exact) mass is 211 g/mol. The third kappa shape index (κ3) is 3.73. The van der Waals surface area contributed by atoms with Crippen LogP contribution in [-0.4, -0.2) is 35.0 Å². The fraction of sp³-hybridized carbons (Fsp3) is 0.636. The molecule has 1 rings (SSSR count). The average Bonchev–Trinajstić information content (AvgIpc) is 2.12. The SMILES string of the molecule is CC1(C)CCCN(C(=O)/C=C\C(=O)O)C1. The van der Waals surface area contributed by atoms with Crippen LogP contribution in [0.1, 0.15) is 26.7 Å². The summed E-state index contributed by atoms with van der Waals surface area (Å²) in [4.78, 5) is 23.5. The summed E-state index contributed by atoms with van der Waals surface area (Å²) in [7, 11) is 0. The summed E-state index contributed by atoms with van der Waals surface area (Å²) in [5.41, 5.74) is 0.144. The molecule has 0 saturated carbocycles. The van der Waals surface area contributed by atoms with Crippen LogP contribution >= 0.6 is 0 Å². The van der Waals surface area contributed by atoms with Gasteiger partial charge in [-0.15, -0.1) is 0 Å². The van der Waals surface area contributed by atoms with Crippen LogP contribution < -0.4 is 0 Å². The summed E-state index contributed by atoms with van der Waals surface area (Å²) >= 11 is 0. The fourth-order valence-corrected chi connectivity index (χ4v) is 1.86. The van der Waals surface area contributed by atoms with Gasteiger partial charge in [0, 0.05) is 25.2 Å². The Morgan fingerprint density at radius 3 is 2.53 bits per heavy atom. The first-order valence-electron chi connectivity index (χ1n) is 5.11. The summed E-state index contributed by atoms with van der Waals surface area (Å²) in [6, 6.07) is 0. The third-order valence-electron chi connectivity index (χ3n) is 2.58. The van der Waals surface area contributed by atoms with E-state index in [2.05, 4.69) is 13.8 Å². The number of amides is 1. The molecule has 0 atom stereocenters. The highest BCUT2D eigenvalue weighted by Gasteiger charge is 2.28. The van der Waals surface area contributed by atoms with Gasteiger partial charge in [0.05, 0.1) is 0 Å². The topological polar surface area (TPSA) is 57.6 Å². The largest absolute Gasteiger partial charge is 0.478 e. The van der Waals surface area contributed by atoms with Crippen LogP contribution in [0.25, 0.3) is 0 Å². The van der Waals surface area contributed by atoms with E-state index in [4.69, 9.17) is 5.11 Å². The second kappa shape index (κ2) is 4.47. The summed E-state index contributed by atoms with van der Waals surface area (Å²) in [6.07, 6.45) is 4.12. The number of aliphatic carboxylic acids is 1. The van der Waals surface area contributed by atoms with Crippen LogP contribution in [0.4, 0.5) is 0 Å². The van der Waals surface area contributed by atoms with E-state index in [1.165, 1.54) is 0 Å². The van der Waals surface area contributed by atoms with Crippen molar-refractivity contribution in [2.24, 2.45) is 5.41 Å². The van der Waals surface area contributed by atoms with Gasteiger partial charge in [-0.05, 0) is 18.3 Å². The van der Waals surface area contributed by atoms with E-state index in [0.29, 0.717) is 6.54 Å². The lowest BCUT2D eigenvalue weighted by atomic mass is 9.84. The van der Waals surface area contributed by atoms with Gasteiger partial charge in [-0.25, -0.2) is 4.79 Å². The maximum atomic E-state index is 11.6. The maximum absolute atomic E-state index is 11.6. The number of hydrogen-bond donors (Lipinski definition) is 1. The molecule has 0 aromatic heterocycles. The lowest BCUT2D eigenvalue weighted by molar-refractivity contribution is -0.133. The normalized spacial score (nSPS) is 20.5. The summed E-state index contributed by atoms with van der Waals surface area (Å²) in [5.74, 6) is -1.29. The van der Waals surface area contributed by atoms with Crippen LogP contribution in [0.15, 0.2) is 12.2 Å². The van der Waals surface area contributed by atoms with Gasteiger partial charge in [0.15, 0.2) is 0 Å². The van der Waals surface area contributed by atoms with Crippen molar-refractivity contribution in [1.29, 1.82) is 0 Å². The summed E-state index contributed by atoms with van der Waals surface area (Å²) < 4.78 is 0. The van der Waals surface area contributed by atoms with Crippen LogP contribution in [0, 0.1) is 5.41 Å². The second-order valence-corrected chi connectivity index (χ2v) is 4.70. The van der Waals surface area contributed by atoms with Gasteiger partial charge in [-0.1, -0.05) is 13.8 Å². The first kappa shape index (κ1) is 11.8. The molecule has 0 radical (unpaired) electrons. The highest BCUT2D eigenvalue weighted by atomic mass is 16.4. The molecule has 1 aliphatic rings. The molecular weight excluding hydrogens is 194 g/mol. The van der Waals surface area contributed by atoms with Crippen molar-refractivity contribution >= 4 is 11.9 Å². The molecule has 1 heterocycles. The first-order chi connectivity index (χ1) is 6.91. The molecule has 1 aliphatic heterocycles. The first-order valence-corrected chi connectivity index (χ1v) is 5.11. The number of piperidine rings is 1. The minimum atomic E-state index is -1.08. The molecule has 4 nitrogen and oxygen atoms in total. The molecule has 15 heavy (non-hydrogen) atoms.